The molecule has 0 saturated carbocycles. The minimum atomic E-state index is -4.69. The van der Waals surface area contributed by atoms with Gasteiger partial charge in [-0.15, -0.1) is 5.12 Å². The number of benzene rings is 1. The number of alkyl halides is 3. The van der Waals surface area contributed by atoms with Crippen LogP contribution in [-0.2, 0) is 25.5 Å². The number of anilines is 1. The zero-order valence-corrected chi connectivity index (χ0v) is 16.7. The lowest BCUT2D eigenvalue weighted by molar-refractivity contribution is -0.139. The van der Waals surface area contributed by atoms with Crippen molar-refractivity contribution < 1.29 is 31.1 Å². The van der Waals surface area contributed by atoms with Crippen LogP contribution in [0.2, 0.25) is 0 Å². The van der Waals surface area contributed by atoms with Gasteiger partial charge in [-0.05, 0) is 39.0 Å². The van der Waals surface area contributed by atoms with Crippen LogP contribution in [0.4, 0.5) is 18.9 Å². The summed E-state index contributed by atoms with van der Waals surface area (Å²) >= 11 is 0. The van der Waals surface area contributed by atoms with Crippen LogP contribution in [0, 0.1) is 0 Å². The Labute approximate surface area is 161 Å². The molecule has 1 aromatic carbocycles. The Balaban J connectivity index is 2.69. The maximum atomic E-state index is 13.1. The third kappa shape index (κ3) is 4.09. The minimum Gasteiger partial charge on any atom is -0.461 e. The predicted molar refractivity (Wildman–Crippen MR) is 96.5 cm³/mol. The lowest BCUT2D eigenvalue weighted by Crippen LogP contribution is -2.44. The number of carbonyl (C=O) groups excluding carboxylic acids is 1. The Morgan fingerprint density at radius 1 is 1.21 bits per heavy atom. The molecule has 0 saturated heterocycles. The van der Waals surface area contributed by atoms with Gasteiger partial charge in [0, 0.05) is 6.54 Å². The molecule has 1 heterocycles. The van der Waals surface area contributed by atoms with Crippen molar-refractivity contribution in [2.45, 2.75) is 38.8 Å². The van der Waals surface area contributed by atoms with E-state index in [1.807, 2.05) is 0 Å². The molecule has 2 rings (SSSR count). The summed E-state index contributed by atoms with van der Waals surface area (Å²) in [4.78, 5) is 11.7. The average Bonchev–Trinajstić information content (AvgIpc) is 2.97. The summed E-state index contributed by atoms with van der Waals surface area (Å²) in [5.74, 6) is -1.02. The lowest BCUT2D eigenvalue weighted by atomic mass is 10.2. The molecule has 1 N–H and O–H groups in total. The summed E-state index contributed by atoms with van der Waals surface area (Å²) in [6.07, 6.45) is -4.69. The summed E-state index contributed by atoms with van der Waals surface area (Å²) in [5.41, 5.74) is 2.16. The van der Waals surface area contributed by atoms with Crippen LogP contribution in [0.3, 0.4) is 0 Å². The topological polar surface area (TPSA) is 79.0 Å². The quantitative estimate of drug-likeness (QED) is 0.708. The molecular weight excluding hydrogens is 399 g/mol. The molecule has 0 aromatic heterocycles. The van der Waals surface area contributed by atoms with Gasteiger partial charge in [-0.2, -0.15) is 13.2 Å². The number of carbonyl (C=O) groups is 1. The van der Waals surface area contributed by atoms with Crippen LogP contribution in [0.15, 0.2) is 34.5 Å². The van der Waals surface area contributed by atoms with E-state index < -0.39 is 32.4 Å². The van der Waals surface area contributed by atoms with E-state index in [9.17, 15) is 26.4 Å². The van der Waals surface area contributed by atoms with E-state index in [2.05, 4.69) is 5.43 Å². The summed E-state index contributed by atoms with van der Waals surface area (Å²) in [7, 11) is -3.99. The zero-order valence-electron chi connectivity index (χ0n) is 15.9. The highest BCUT2D eigenvalue weighted by Crippen LogP contribution is 2.38. The van der Waals surface area contributed by atoms with Gasteiger partial charge in [0.2, 0.25) is 0 Å². The number of hydrazine groups is 2. The number of nitrogens with one attached hydrogen (secondary N) is 1. The Bertz CT molecular complexity index is 897. The first-order valence-corrected chi connectivity index (χ1v) is 10.3. The summed E-state index contributed by atoms with van der Waals surface area (Å²) < 4.78 is 69.5. The third-order valence-electron chi connectivity index (χ3n) is 4.17. The van der Waals surface area contributed by atoms with Gasteiger partial charge >= 0.3 is 12.1 Å². The van der Waals surface area contributed by atoms with Crippen LogP contribution >= 0.6 is 0 Å². The van der Waals surface area contributed by atoms with E-state index in [1.165, 1.54) is 17.1 Å². The van der Waals surface area contributed by atoms with Crippen molar-refractivity contribution in [3.8, 4) is 0 Å². The van der Waals surface area contributed by atoms with Crippen LogP contribution < -0.4 is 10.4 Å². The second kappa shape index (κ2) is 8.00. The number of allylic oxidation sites excluding steroid dienone is 1. The molecule has 1 aromatic rings. The molecule has 0 spiro atoms. The van der Waals surface area contributed by atoms with Crippen molar-refractivity contribution >= 4 is 21.5 Å². The Morgan fingerprint density at radius 3 is 2.36 bits per heavy atom. The molecule has 11 heteroatoms. The van der Waals surface area contributed by atoms with Gasteiger partial charge in [0.05, 0.1) is 34.2 Å². The molecule has 156 valence electrons. The number of sulfone groups is 1. The van der Waals surface area contributed by atoms with Gasteiger partial charge in [-0.1, -0.05) is 6.92 Å². The summed E-state index contributed by atoms with van der Waals surface area (Å²) in [6, 6.07) is 2.53. The first-order valence-electron chi connectivity index (χ1n) is 8.64. The van der Waals surface area contributed by atoms with E-state index >= 15 is 0 Å². The second-order valence-electron chi connectivity index (χ2n) is 5.90. The normalized spacial score (nSPS) is 15.8. The lowest BCUT2D eigenvalue weighted by Gasteiger charge is -2.31. The van der Waals surface area contributed by atoms with Gasteiger partial charge in [-0.3, -0.25) is 10.4 Å². The number of hydrogen-bond donors (Lipinski definition) is 1. The van der Waals surface area contributed by atoms with E-state index in [4.69, 9.17) is 4.74 Å². The minimum absolute atomic E-state index is 0.0148. The largest absolute Gasteiger partial charge is 0.461 e. The first-order chi connectivity index (χ1) is 13.0. The van der Waals surface area contributed by atoms with Crippen LogP contribution in [0.1, 0.15) is 33.3 Å². The predicted octanol–water partition coefficient (Wildman–Crippen LogP) is 2.86. The van der Waals surface area contributed by atoms with Crippen molar-refractivity contribution in [3.63, 3.8) is 0 Å². The Morgan fingerprint density at radius 2 is 1.86 bits per heavy atom. The molecule has 28 heavy (non-hydrogen) atoms. The highest BCUT2D eigenvalue weighted by atomic mass is 32.2. The number of esters is 1. The molecule has 0 aliphatic carbocycles. The molecular formula is C17H22F3N3O4S. The maximum absolute atomic E-state index is 13.1. The fraction of sp³-hybridized carbons (Fsp3) is 0.471. The zero-order chi connectivity index (χ0) is 21.3. The van der Waals surface area contributed by atoms with E-state index in [0.29, 0.717) is 18.3 Å². The van der Waals surface area contributed by atoms with Crippen molar-refractivity contribution in [3.05, 3.63) is 35.2 Å². The van der Waals surface area contributed by atoms with Gasteiger partial charge in [0.25, 0.3) is 0 Å². The third-order valence-corrected chi connectivity index (χ3v) is 5.93. The molecule has 1 aliphatic heterocycles. The van der Waals surface area contributed by atoms with E-state index in [1.54, 1.807) is 20.8 Å². The fourth-order valence-electron chi connectivity index (χ4n) is 2.74. The SMILES string of the molecule is CCOC(=O)C1=C(C)N(c2ccc(C(F)(F)F)cc2S(=O)(=O)CC)N(CC)N1. The monoisotopic (exact) mass is 421 g/mol. The van der Waals surface area contributed by atoms with Gasteiger partial charge in [-0.25, -0.2) is 13.2 Å². The number of rotatable bonds is 6. The molecule has 1 aliphatic rings. The second-order valence-corrected chi connectivity index (χ2v) is 8.15. The Kier molecular flexibility index (Phi) is 6.29. The molecule has 0 unspecified atom stereocenters. The van der Waals surface area contributed by atoms with Gasteiger partial charge in [0.1, 0.15) is 0 Å². The summed E-state index contributed by atoms with van der Waals surface area (Å²) in [5, 5.41) is 2.80. The van der Waals surface area contributed by atoms with E-state index in [-0.39, 0.29) is 23.7 Å². The van der Waals surface area contributed by atoms with Crippen molar-refractivity contribution in [1.82, 2.24) is 10.5 Å². The van der Waals surface area contributed by atoms with Crippen LogP contribution in [0.5, 0.6) is 0 Å². The summed E-state index contributed by atoms with van der Waals surface area (Å²) in [6.45, 7) is 6.71. The first kappa shape index (κ1) is 22.0. The van der Waals surface area contributed by atoms with Crippen molar-refractivity contribution in [2.75, 3.05) is 23.9 Å². The van der Waals surface area contributed by atoms with Crippen LogP contribution in [0.25, 0.3) is 0 Å². The van der Waals surface area contributed by atoms with Gasteiger partial charge in [0.15, 0.2) is 15.5 Å². The molecule has 0 bridgehead atoms. The standard InChI is InChI=1S/C17H22F3N3O4S/c1-5-22-21-15(16(24)27-6-2)11(4)23(22)13-9-8-12(17(18,19)20)10-14(13)28(25,26)7-3/h8-10,21H,5-7H2,1-4H3. The number of halogens is 3. The fourth-order valence-corrected chi connectivity index (χ4v) is 3.84. The highest BCUT2D eigenvalue weighted by molar-refractivity contribution is 7.91. The number of nitrogens with zero attached hydrogens (tertiary/aromatic N) is 2. The molecule has 7 nitrogen and oxygen atoms in total. The van der Waals surface area contributed by atoms with Crippen molar-refractivity contribution in [2.24, 2.45) is 0 Å². The van der Waals surface area contributed by atoms with Gasteiger partial charge < -0.3 is 4.74 Å². The maximum Gasteiger partial charge on any atom is 0.416 e. The molecule has 0 amide bonds. The highest BCUT2D eigenvalue weighted by Gasteiger charge is 2.37. The van der Waals surface area contributed by atoms with Crippen LogP contribution in [-0.4, -0.2) is 38.4 Å². The molecule has 0 atom stereocenters. The average molecular weight is 421 g/mol. The number of ether oxygens (including phenoxy) is 1. The molecule has 0 radical (unpaired) electrons. The van der Waals surface area contributed by atoms with Crippen molar-refractivity contribution in [1.29, 1.82) is 0 Å². The smallest absolute Gasteiger partial charge is 0.416 e. The Hall–Kier alpha value is -2.27. The molecule has 0 fully saturated rings. The van der Waals surface area contributed by atoms with E-state index in [0.717, 1.165) is 12.1 Å². The number of hydrogen-bond acceptors (Lipinski definition) is 7.